The standard InChI is InChI=1S/C19H25F2N3O2/c1-24-8-2-3-14(19(24)26)18(25)23-17-7-5-13(11-22-17)9-12-4-6-15(20)16(21)10-12/h4,6,10,13-14,17,22H,2-3,5,7-9,11H2,1H3,(H,23,25). The quantitative estimate of drug-likeness (QED) is 0.800. The summed E-state index contributed by atoms with van der Waals surface area (Å²) in [6.45, 7) is 1.39. The number of likely N-dealkylation sites (tertiary alicyclic amines) is 1. The zero-order chi connectivity index (χ0) is 18.7. The third-order valence-electron chi connectivity index (χ3n) is 5.32. The second-order valence-corrected chi connectivity index (χ2v) is 7.32. The van der Waals surface area contributed by atoms with E-state index >= 15 is 0 Å². The number of nitrogens with zero attached hydrogens (tertiary/aromatic N) is 1. The lowest BCUT2D eigenvalue weighted by Crippen LogP contribution is -2.54. The van der Waals surface area contributed by atoms with Gasteiger partial charge in [-0.1, -0.05) is 6.07 Å². The molecule has 2 heterocycles. The Morgan fingerprint density at radius 1 is 1.27 bits per heavy atom. The van der Waals surface area contributed by atoms with E-state index in [0.717, 1.165) is 30.9 Å². The number of halogens is 2. The Kier molecular flexibility index (Phi) is 5.86. The first-order valence-corrected chi connectivity index (χ1v) is 9.16. The van der Waals surface area contributed by atoms with Crippen LogP contribution in [0.25, 0.3) is 0 Å². The average Bonchev–Trinajstić information content (AvgIpc) is 2.62. The van der Waals surface area contributed by atoms with Gasteiger partial charge in [0.25, 0.3) is 0 Å². The van der Waals surface area contributed by atoms with Gasteiger partial charge in [0.05, 0.1) is 6.17 Å². The summed E-state index contributed by atoms with van der Waals surface area (Å²) < 4.78 is 26.3. The largest absolute Gasteiger partial charge is 0.345 e. The molecule has 0 saturated carbocycles. The van der Waals surface area contributed by atoms with Crippen LogP contribution < -0.4 is 10.6 Å². The first-order chi connectivity index (χ1) is 12.4. The van der Waals surface area contributed by atoms with Crippen molar-refractivity contribution in [2.75, 3.05) is 20.1 Å². The molecule has 0 aliphatic carbocycles. The van der Waals surface area contributed by atoms with Crippen LogP contribution in [0.1, 0.15) is 31.2 Å². The lowest BCUT2D eigenvalue weighted by atomic mass is 9.90. The van der Waals surface area contributed by atoms with Crippen LogP contribution in [0.4, 0.5) is 8.78 Å². The SMILES string of the molecule is CN1CCCC(C(=O)NC2CCC(Cc3ccc(F)c(F)c3)CN2)C1=O. The van der Waals surface area contributed by atoms with Gasteiger partial charge in [-0.25, -0.2) is 8.78 Å². The van der Waals surface area contributed by atoms with Crippen LogP contribution in [-0.2, 0) is 16.0 Å². The number of carbonyl (C=O) groups is 2. The molecule has 3 unspecified atom stereocenters. The zero-order valence-electron chi connectivity index (χ0n) is 14.9. The molecule has 0 bridgehead atoms. The number of nitrogens with one attached hydrogen (secondary N) is 2. The molecule has 7 heteroatoms. The summed E-state index contributed by atoms with van der Waals surface area (Å²) in [6, 6.07) is 4.01. The summed E-state index contributed by atoms with van der Waals surface area (Å²) in [5, 5.41) is 6.22. The Hall–Kier alpha value is -2.02. The molecule has 142 valence electrons. The maximum Gasteiger partial charge on any atom is 0.234 e. The molecule has 2 N–H and O–H groups in total. The van der Waals surface area contributed by atoms with Crippen molar-refractivity contribution in [3.63, 3.8) is 0 Å². The maximum absolute atomic E-state index is 13.3. The molecule has 2 amide bonds. The van der Waals surface area contributed by atoms with Crippen LogP contribution in [-0.4, -0.2) is 43.0 Å². The van der Waals surface area contributed by atoms with E-state index in [1.807, 2.05) is 0 Å². The molecule has 2 aliphatic rings. The Bertz CT molecular complexity index is 675. The first-order valence-electron chi connectivity index (χ1n) is 9.16. The van der Waals surface area contributed by atoms with Gasteiger partial charge in [-0.2, -0.15) is 0 Å². The van der Waals surface area contributed by atoms with Crippen molar-refractivity contribution >= 4 is 11.8 Å². The van der Waals surface area contributed by atoms with Gasteiger partial charge >= 0.3 is 0 Å². The molecule has 0 spiro atoms. The minimum Gasteiger partial charge on any atom is -0.345 e. The van der Waals surface area contributed by atoms with E-state index in [0.29, 0.717) is 31.8 Å². The number of hydrogen-bond acceptors (Lipinski definition) is 3. The van der Waals surface area contributed by atoms with Crippen molar-refractivity contribution in [1.29, 1.82) is 0 Å². The molecule has 3 rings (SSSR count). The molecule has 5 nitrogen and oxygen atoms in total. The Balaban J connectivity index is 1.47. The summed E-state index contributed by atoms with van der Waals surface area (Å²) in [6.07, 6.45) is 3.57. The van der Waals surface area contributed by atoms with Gasteiger partial charge in [0.2, 0.25) is 11.8 Å². The molecule has 2 aliphatic heterocycles. The third kappa shape index (κ3) is 4.38. The number of benzene rings is 1. The van der Waals surface area contributed by atoms with E-state index in [2.05, 4.69) is 10.6 Å². The van der Waals surface area contributed by atoms with Crippen LogP contribution >= 0.6 is 0 Å². The monoisotopic (exact) mass is 365 g/mol. The molecule has 0 radical (unpaired) electrons. The van der Waals surface area contributed by atoms with Crippen LogP contribution in [0.5, 0.6) is 0 Å². The number of piperidine rings is 2. The molecule has 1 aromatic carbocycles. The summed E-state index contributed by atoms with van der Waals surface area (Å²) in [7, 11) is 1.73. The van der Waals surface area contributed by atoms with Crippen molar-refractivity contribution in [3.8, 4) is 0 Å². The van der Waals surface area contributed by atoms with Crippen molar-refractivity contribution in [3.05, 3.63) is 35.4 Å². The number of hydrogen-bond donors (Lipinski definition) is 2. The average molecular weight is 365 g/mol. The predicted molar refractivity (Wildman–Crippen MR) is 93.1 cm³/mol. The van der Waals surface area contributed by atoms with Gasteiger partial charge in [0, 0.05) is 20.1 Å². The van der Waals surface area contributed by atoms with Gasteiger partial charge in [-0.15, -0.1) is 0 Å². The Morgan fingerprint density at radius 2 is 2.08 bits per heavy atom. The summed E-state index contributed by atoms with van der Waals surface area (Å²) in [5.41, 5.74) is 0.772. The van der Waals surface area contributed by atoms with E-state index < -0.39 is 17.6 Å². The van der Waals surface area contributed by atoms with Crippen LogP contribution in [0.15, 0.2) is 18.2 Å². The molecule has 3 atom stereocenters. The first kappa shape index (κ1) is 18.8. The van der Waals surface area contributed by atoms with Gasteiger partial charge in [0.15, 0.2) is 11.6 Å². The lowest BCUT2D eigenvalue weighted by Gasteiger charge is -2.33. The highest BCUT2D eigenvalue weighted by Gasteiger charge is 2.33. The van der Waals surface area contributed by atoms with Crippen molar-refractivity contribution < 1.29 is 18.4 Å². The topological polar surface area (TPSA) is 61.4 Å². The Morgan fingerprint density at radius 3 is 2.77 bits per heavy atom. The highest BCUT2D eigenvalue weighted by Crippen LogP contribution is 2.21. The second-order valence-electron chi connectivity index (χ2n) is 7.32. The smallest absolute Gasteiger partial charge is 0.234 e. The molecule has 1 aromatic rings. The van der Waals surface area contributed by atoms with Crippen molar-refractivity contribution in [2.45, 2.75) is 38.3 Å². The zero-order valence-corrected chi connectivity index (χ0v) is 14.9. The van der Waals surface area contributed by atoms with E-state index in [4.69, 9.17) is 0 Å². The highest BCUT2D eigenvalue weighted by atomic mass is 19.2. The second kappa shape index (κ2) is 8.12. The van der Waals surface area contributed by atoms with Crippen LogP contribution in [0.2, 0.25) is 0 Å². The van der Waals surface area contributed by atoms with Gasteiger partial charge in [-0.3, -0.25) is 14.9 Å². The van der Waals surface area contributed by atoms with Crippen LogP contribution in [0.3, 0.4) is 0 Å². The fraction of sp³-hybridized carbons (Fsp3) is 0.579. The molecule has 2 saturated heterocycles. The van der Waals surface area contributed by atoms with E-state index in [1.54, 1.807) is 18.0 Å². The number of rotatable bonds is 4. The predicted octanol–water partition coefficient (Wildman–Crippen LogP) is 1.82. The third-order valence-corrected chi connectivity index (χ3v) is 5.32. The summed E-state index contributed by atoms with van der Waals surface area (Å²) in [4.78, 5) is 26.1. The molecular weight excluding hydrogens is 340 g/mol. The molecular formula is C19H25F2N3O2. The van der Waals surface area contributed by atoms with E-state index in [1.165, 1.54) is 6.07 Å². The van der Waals surface area contributed by atoms with E-state index in [9.17, 15) is 18.4 Å². The Labute approximate surface area is 152 Å². The highest BCUT2D eigenvalue weighted by molar-refractivity contribution is 6.00. The molecule has 2 fully saturated rings. The van der Waals surface area contributed by atoms with Gasteiger partial charge in [-0.05, 0) is 55.7 Å². The fourth-order valence-electron chi connectivity index (χ4n) is 3.76. The fourth-order valence-corrected chi connectivity index (χ4v) is 3.76. The van der Waals surface area contributed by atoms with Gasteiger partial charge < -0.3 is 10.2 Å². The summed E-state index contributed by atoms with van der Waals surface area (Å²) in [5.74, 6) is -2.26. The number of amides is 2. The molecule has 26 heavy (non-hydrogen) atoms. The minimum absolute atomic E-state index is 0.110. The normalized spacial score (nSPS) is 26.7. The molecule has 0 aromatic heterocycles. The maximum atomic E-state index is 13.3. The van der Waals surface area contributed by atoms with Gasteiger partial charge in [0.1, 0.15) is 5.92 Å². The number of carbonyl (C=O) groups excluding carboxylic acids is 2. The van der Waals surface area contributed by atoms with Crippen molar-refractivity contribution in [1.82, 2.24) is 15.5 Å². The summed E-state index contributed by atoms with van der Waals surface area (Å²) >= 11 is 0. The van der Waals surface area contributed by atoms with Crippen LogP contribution in [0, 0.1) is 23.5 Å². The van der Waals surface area contributed by atoms with E-state index in [-0.39, 0.29) is 18.0 Å². The minimum atomic E-state index is -0.832. The van der Waals surface area contributed by atoms with Crippen molar-refractivity contribution in [2.24, 2.45) is 11.8 Å². The lowest BCUT2D eigenvalue weighted by molar-refractivity contribution is -0.144.